The Bertz CT molecular complexity index is 131. The van der Waals surface area contributed by atoms with Gasteiger partial charge < -0.3 is 5.32 Å². The second-order valence-corrected chi connectivity index (χ2v) is 4.78. The molecule has 0 radical (unpaired) electrons. The highest BCUT2D eigenvalue weighted by molar-refractivity contribution is 4.89. The maximum Gasteiger partial charge on any atom is 0.000841 e. The van der Waals surface area contributed by atoms with Gasteiger partial charge in [-0.15, -0.1) is 0 Å². The van der Waals surface area contributed by atoms with E-state index in [0.29, 0.717) is 5.41 Å². The Morgan fingerprint density at radius 3 is 2.55 bits per heavy atom. The van der Waals surface area contributed by atoms with E-state index in [0.717, 1.165) is 11.8 Å². The van der Waals surface area contributed by atoms with Gasteiger partial charge >= 0.3 is 0 Å². The summed E-state index contributed by atoms with van der Waals surface area (Å²) in [6, 6.07) is 0. The second-order valence-electron chi connectivity index (χ2n) is 4.78. The van der Waals surface area contributed by atoms with Crippen LogP contribution in [0.2, 0.25) is 0 Å². The third-order valence-corrected chi connectivity index (χ3v) is 3.04. The highest BCUT2D eigenvalue weighted by atomic mass is 14.9. The Kier molecular flexibility index (Phi) is 2.58. The van der Waals surface area contributed by atoms with Crippen LogP contribution in [0.3, 0.4) is 0 Å². The van der Waals surface area contributed by atoms with Gasteiger partial charge in [0.1, 0.15) is 0 Å². The van der Waals surface area contributed by atoms with Crippen molar-refractivity contribution < 1.29 is 0 Å². The van der Waals surface area contributed by atoms with Gasteiger partial charge in [-0.05, 0) is 30.2 Å². The van der Waals surface area contributed by atoms with Crippen molar-refractivity contribution in [3.05, 3.63) is 0 Å². The summed E-state index contributed by atoms with van der Waals surface area (Å²) in [4.78, 5) is 0. The van der Waals surface area contributed by atoms with E-state index in [-0.39, 0.29) is 0 Å². The van der Waals surface area contributed by atoms with E-state index in [1.54, 1.807) is 0 Å². The molecule has 0 spiro atoms. The van der Waals surface area contributed by atoms with Crippen molar-refractivity contribution in [3.8, 4) is 0 Å². The average Bonchev–Trinajstić information content (AvgIpc) is 2.11. The molecular formula is C10H21N. The van der Waals surface area contributed by atoms with Gasteiger partial charge in [0.15, 0.2) is 0 Å². The second kappa shape index (κ2) is 3.14. The maximum atomic E-state index is 3.47. The maximum absolute atomic E-state index is 3.47. The van der Waals surface area contributed by atoms with Crippen LogP contribution in [0.4, 0.5) is 0 Å². The van der Waals surface area contributed by atoms with E-state index in [2.05, 4.69) is 33.0 Å². The van der Waals surface area contributed by atoms with Crippen LogP contribution in [0.15, 0.2) is 0 Å². The van der Waals surface area contributed by atoms with Crippen LogP contribution in [0.25, 0.3) is 0 Å². The van der Waals surface area contributed by atoms with Crippen molar-refractivity contribution in [2.45, 2.75) is 34.1 Å². The first-order chi connectivity index (χ1) is 5.04. The normalized spacial score (nSPS) is 38.5. The van der Waals surface area contributed by atoms with E-state index >= 15 is 0 Å². The summed E-state index contributed by atoms with van der Waals surface area (Å²) in [5.74, 6) is 1.69. The first-order valence-corrected chi connectivity index (χ1v) is 4.75. The van der Waals surface area contributed by atoms with Crippen molar-refractivity contribution in [2.75, 3.05) is 13.1 Å². The molecule has 1 aliphatic rings. The van der Waals surface area contributed by atoms with Gasteiger partial charge in [0.05, 0.1) is 0 Å². The predicted molar refractivity (Wildman–Crippen MR) is 49.6 cm³/mol. The summed E-state index contributed by atoms with van der Waals surface area (Å²) in [6.07, 6.45) is 1.36. The van der Waals surface area contributed by atoms with Gasteiger partial charge in [0.25, 0.3) is 0 Å². The van der Waals surface area contributed by atoms with Crippen molar-refractivity contribution in [1.29, 1.82) is 0 Å². The summed E-state index contributed by atoms with van der Waals surface area (Å²) >= 11 is 0. The van der Waals surface area contributed by atoms with Crippen LogP contribution in [0.1, 0.15) is 34.1 Å². The van der Waals surface area contributed by atoms with Crippen molar-refractivity contribution >= 4 is 0 Å². The Morgan fingerprint density at radius 2 is 2.18 bits per heavy atom. The highest BCUT2D eigenvalue weighted by Crippen LogP contribution is 2.36. The molecule has 0 saturated carbocycles. The molecule has 0 aliphatic carbocycles. The molecule has 1 heteroatoms. The molecule has 11 heavy (non-hydrogen) atoms. The van der Waals surface area contributed by atoms with Crippen LogP contribution in [0, 0.1) is 17.3 Å². The zero-order valence-corrected chi connectivity index (χ0v) is 8.28. The van der Waals surface area contributed by atoms with Crippen molar-refractivity contribution in [2.24, 2.45) is 17.3 Å². The lowest BCUT2D eigenvalue weighted by atomic mass is 9.75. The lowest BCUT2D eigenvalue weighted by Crippen LogP contribution is -2.26. The SMILES string of the molecule is CC(C)CC1(C)CNCC1C. The summed E-state index contributed by atoms with van der Waals surface area (Å²) in [6.45, 7) is 11.8. The molecule has 1 saturated heterocycles. The van der Waals surface area contributed by atoms with Crippen LogP contribution < -0.4 is 5.32 Å². The summed E-state index contributed by atoms with van der Waals surface area (Å²) in [5.41, 5.74) is 0.564. The molecule has 0 aromatic heterocycles. The third-order valence-electron chi connectivity index (χ3n) is 3.04. The molecule has 1 heterocycles. The van der Waals surface area contributed by atoms with Crippen LogP contribution in [-0.2, 0) is 0 Å². The van der Waals surface area contributed by atoms with Gasteiger partial charge in [-0.3, -0.25) is 0 Å². The molecule has 1 aliphatic heterocycles. The fourth-order valence-electron chi connectivity index (χ4n) is 2.20. The molecular weight excluding hydrogens is 134 g/mol. The lowest BCUT2D eigenvalue weighted by Gasteiger charge is -2.29. The summed E-state index contributed by atoms with van der Waals surface area (Å²) < 4.78 is 0. The molecule has 0 bridgehead atoms. The number of nitrogens with one attached hydrogen (secondary N) is 1. The highest BCUT2D eigenvalue weighted by Gasteiger charge is 2.35. The van der Waals surface area contributed by atoms with E-state index < -0.39 is 0 Å². The monoisotopic (exact) mass is 155 g/mol. The molecule has 1 N–H and O–H groups in total. The fourth-order valence-corrected chi connectivity index (χ4v) is 2.20. The average molecular weight is 155 g/mol. The predicted octanol–water partition coefficient (Wildman–Crippen LogP) is 2.28. The largest absolute Gasteiger partial charge is 0.316 e. The summed E-state index contributed by atoms with van der Waals surface area (Å²) in [7, 11) is 0. The summed E-state index contributed by atoms with van der Waals surface area (Å²) in [5, 5.41) is 3.47. The molecule has 1 fully saturated rings. The molecule has 2 atom stereocenters. The topological polar surface area (TPSA) is 12.0 Å². The Hall–Kier alpha value is -0.0400. The molecule has 0 aromatic rings. The fraction of sp³-hybridized carbons (Fsp3) is 1.00. The van der Waals surface area contributed by atoms with Gasteiger partial charge in [0.2, 0.25) is 0 Å². The van der Waals surface area contributed by atoms with Crippen LogP contribution in [0.5, 0.6) is 0 Å². The first-order valence-electron chi connectivity index (χ1n) is 4.75. The lowest BCUT2D eigenvalue weighted by molar-refractivity contribution is 0.219. The van der Waals surface area contributed by atoms with Gasteiger partial charge in [-0.25, -0.2) is 0 Å². The van der Waals surface area contributed by atoms with E-state index in [4.69, 9.17) is 0 Å². The quantitative estimate of drug-likeness (QED) is 0.645. The standard InChI is InChI=1S/C10H21N/c1-8(2)5-10(4)7-11-6-9(10)3/h8-9,11H,5-7H2,1-4H3. The van der Waals surface area contributed by atoms with Crippen LogP contribution in [-0.4, -0.2) is 13.1 Å². The first kappa shape index (κ1) is 9.05. The van der Waals surface area contributed by atoms with Gasteiger partial charge in [-0.2, -0.15) is 0 Å². The molecule has 66 valence electrons. The minimum absolute atomic E-state index is 0.564. The minimum atomic E-state index is 0.564. The molecule has 0 amide bonds. The van der Waals surface area contributed by atoms with Crippen LogP contribution >= 0.6 is 0 Å². The zero-order chi connectivity index (χ0) is 8.48. The zero-order valence-electron chi connectivity index (χ0n) is 8.28. The Morgan fingerprint density at radius 1 is 1.55 bits per heavy atom. The van der Waals surface area contributed by atoms with Crippen molar-refractivity contribution in [3.63, 3.8) is 0 Å². The van der Waals surface area contributed by atoms with E-state index in [1.165, 1.54) is 19.5 Å². The molecule has 1 nitrogen and oxygen atoms in total. The molecule has 1 rings (SSSR count). The molecule has 0 aromatic carbocycles. The van der Waals surface area contributed by atoms with Gasteiger partial charge in [0, 0.05) is 6.54 Å². The minimum Gasteiger partial charge on any atom is -0.316 e. The van der Waals surface area contributed by atoms with Crippen molar-refractivity contribution in [1.82, 2.24) is 5.32 Å². The Labute approximate surface area is 70.6 Å². The number of rotatable bonds is 2. The van der Waals surface area contributed by atoms with E-state index in [1.807, 2.05) is 0 Å². The smallest absolute Gasteiger partial charge is 0.000841 e. The molecule has 2 unspecified atom stereocenters. The van der Waals surface area contributed by atoms with Gasteiger partial charge in [-0.1, -0.05) is 27.7 Å². The Balaban J connectivity index is 2.51. The number of hydrogen-bond acceptors (Lipinski definition) is 1. The van der Waals surface area contributed by atoms with E-state index in [9.17, 15) is 0 Å². The third kappa shape index (κ3) is 1.96. The number of hydrogen-bond donors (Lipinski definition) is 1.